The van der Waals surface area contributed by atoms with Gasteiger partial charge in [-0.3, -0.25) is 9.59 Å². The minimum atomic E-state index is -0.443. The van der Waals surface area contributed by atoms with Crippen LogP contribution in [0.4, 0.5) is 11.4 Å². The first kappa shape index (κ1) is 24.0. The van der Waals surface area contributed by atoms with E-state index in [2.05, 4.69) is 26.1 Å². The topological polar surface area (TPSA) is 84.9 Å². The molecule has 35 heavy (non-hydrogen) atoms. The first-order valence-electron chi connectivity index (χ1n) is 11.3. The second kappa shape index (κ2) is 9.62. The SMILES string of the molecule is COC(=O)c1cccc(CN2C(=O)COc3ccc(NC(=O)c4ccc(C(C)(C)C)cc4)cc32)c1. The normalized spacial score (nSPS) is 13.0. The van der Waals surface area contributed by atoms with Crippen LogP contribution < -0.4 is 15.0 Å². The van der Waals surface area contributed by atoms with E-state index in [0.717, 1.165) is 11.1 Å². The van der Waals surface area contributed by atoms with Crippen molar-refractivity contribution < 1.29 is 23.9 Å². The molecule has 180 valence electrons. The van der Waals surface area contributed by atoms with E-state index in [4.69, 9.17) is 9.47 Å². The number of esters is 1. The zero-order chi connectivity index (χ0) is 25.2. The predicted octanol–water partition coefficient (Wildman–Crippen LogP) is 4.95. The van der Waals surface area contributed by atoms with Gasteiger partial charge in [0.1, 0.15) is 5.75 Å². The molecule has 1 heterocycles. The molecule has 7 heteroatoms. The van der Waals surface area contributed by atoms with Gasteiger partial charge in [0.05, 0.1) is 24.9 Å². The van der Waals surface area contributed by atoms with E-state index < -0.39 is 5.97 Å². The lowest BCUT2D eigenvalue weighted by Gasteiger charge is -2.30. The molecule has 4 rings (SSSR count). The lowest BCUT2D eigenvalue weighted by atomic mass is 9.87. The van der Waals surface area contributed by atoms with Crippen LogP contribution in [0.25, 0.3) is 0 Å². The Labute approximate surface area is 204 Å². The number of nitrogens with one attached hydrogen (secondary N) is 1. The molecule has 1 N–H and O–H groups in total. The zero-order valence-electron chi connectivity index (χ0n) is 20.3. The largest absolute Gasteiger partial charge is 0.482 e. The Kier molecular flexibility index (Phi) is 6.60. The smallest absolute Gasteiger partial charge is 0.337 e. The molecule has 0 unspecified atom stereocenters. The number of hydrogen-bond acceptors (Lipinski definition) is 5. The summed E-state index contributed by atoms with van der Waals surface area (Å²) in [6, 6.07) is 19.7. The Hall–Kier alpha value is -4.13. The fourth-order valence-electron chi connectivity index (χ4n) is 3.88. The lowest BCUT2D eigenvalue weighted by Crippen LogP contribution is -2.38. The summed E-state index contributed by atoms with van der Waals surface area (Å²) in [5, 5.41) is 2.90. The number of hydrogen-bond donors (Lipinski definition) is 1. The van der Waals surface area contributed by atoms with Gasteiger partial charge in [-0.15, -0.1) is 0 Å². The Morgan fingerprint density at radius 3 is 2.43 bits per heavy atom. The molecule has 7 nitrogen and oxygen atoms in total. The molecule has 3 aromatic rings. The molecule has 0 spiro atoms. The van der Waals surface area contributed by atoms with E-state index in [0.29, 0.717) is 28.3 Å². The summed E-state index contributed by atoms with van der Waals surface area (Å²) in [5.74, 6) is -0.365. The standard InChI is InChI=1S/C28H28N2O5/c1-28(2,3)21-10-8-19(9-11-21)26(32)29-22-12-13-24-23(15-22)30(25(31)17-35-24)16-18-6-5-7-20(14-18)27(33)34-4/h5-15H,16-17H2,1-4H3,(H,29,32). The summed E-state index contributed by atoms with van der Waals surface area (Å²) >= 11 is 0. The van der Waals surface area contributed by atoms with Crippen LogP contribution >= 0.6 is 0 Å². The molecule has 0 atom stereocenters. The molecule has 0 aliphatic carbocycles. The summed E-state index contributed by atoms with van der Waals surface area (Å²) in [6.45, 7) is 6.52. The van der Waals surface area contributed by atoms with E-state index >= 15 is 0 Å². The molecule has 2 amide bonds. The van der Waals surface area contributed by atoms with Gasteiger partial charge in [0.25, 0.3) is 11.8 Å². The quantitative estimate of drug-likeness (QED) is 0.531. The van der Waals surface area contributed by atoms with Gasteiger partial charge in [-0.05, 0) is 59.0 Å². The number of amides is 2. The lowest BCUT2D eigenvalue weighted by molar-refractivity contribution is -0.121. The van der Waals surface area contributed by atoms with Crippen LogP contribution in [0.3, 0.4) is 0 Å². The van der Waals surface area contributed by atoms with Gasteiger partial charge >= 0.3 is 5.97 Å². The molecule has 1 aliphatic heterocycles. The van der Waals surface area contributed by atoms with Crippen molar-refractivity contribution in [3.8, 4) is 5.75 Å². The number of fused-ring (bicyclic) bond motifs is 1. The maximum Gasteiger partial charge on any atom is 0.337 e. The first-order chi connectivity index (χ1) is 16.7. The van der Waals surface area contributed by atoms with Crippen molar-refractivity contribution in [3.63, 3.8) is 0 Å². The van der Waals surface area contributed by atoms with Crippen LogP contribution in [0.1, 0.15) is 52.6 Å². The average Bonchev–Trinajstić information content (AvgIpc) is 2.85. The van der Waals surface area contributed by atoms with Gasteiger partial charge < -0.3 is 19.7 Å². The maximum atomic E-state index is 12.8. The van der Waals surface area contributed by atoms with Crippen molar-refractivity contribution in [3.05, 3.63) is 89.0 Å². The van der Waals surface area contributed by atoms with Crippen LogP contribution in [0.15, 0.2) is 66.7 Å². The van der Waals surface area contributed by atoms with Crippen LogP contribution in [0, 0.1) is 0 Å². The number of carbonyl (C=O) groups is 3. The third kappa shape index (κ3) is 5.35. The van der Waals surface area contributed by atoms with Gasteiger partial charge in [-0.1, -0.05) is 45.0 Å². The summed E-state index contributed by atoms with van der Waals surface area (Å²) in [7, 11) is 1.32. The highest BCUT2D eigenvalue weighted by molar-refractivity contribution is 6.05. The van der Waals surface area contributed by atoms with Gasteiger partial charge in [0.15, 0.2) is 6.61 Å². The summed E-state index contributed by atoms with van der Waals surface area (Å²) < 4.78 is 10.4. The molecule has 0 aromatic heterocycles. The molecule has 3 aromatic carbocycles. The monoisotopic (exact) mass is 472 g/mol. The highest BCUT2D eigenvalue weighted by atomic mass is 16.5. The van der Waals surface area contributed by atoms with Gasteiger partial charge in [0.2, 0.25) is 0 Å². The Bertz CT molecular complexity index is 1280. The van der Waals surface area contributed by atoms with E-state index in [1.807, 2.05) is 30.3 Å². The molecule has 1 aliphatic rings. The summed E-state index contributed by atoms with van der Waals surface area (Å²) in [5.41, 5.74) is 3.95. The molecular formula is C28H28N2O5. The fraction of sp³-hybridized carbons (Fsp3) is 0.250. The summed E-state index contributed by atoms with van der Waals surface area (Å²) in [6.07, 6.45) is 0. The highest BCUT2D eigenvalue weighted by Crippen LogP contribution is 2.36. The Morgan fingerprint density at radius 1 is 1.00 bits per heavy atom. The number of nitrogens with zero attached hydrogens (tertiary/aromatic N) is 1. The second-order valence-electron chi connectivity index (χ2n) is 9.42. The zero-order valence-corrected chi connectivity index (χ0v) is 20.3. The van der Waals surface area contributed by atoms with E-state index in [9.17, 15) is 14.4 Å². The molecule has 0 fully saturated rings. The van der Waals surface area contributed by atoms with Gasteiger partial charge in [-0.2, -0.15) is 0 Å². The number of methoxy groups -OCH3 is 1. The average molecular weight is 473 g/mol. The van der Waals surface area contributed by atoms with E-state index in [-0.39, 0.29) is 30.4 Å². The maximum absolute atomic E-state index is 12.8. The molecule has 0 bridgehead atoms. The van der Waals surface area contributed by atoms with Crippen molar-refractivity contribution >= 4 is 29.2 Å². The number of ether oxygens (including phenoxy) is 2. The van der Waals surface area contributed by atoms with Crippen molar-refractivity contribution in [2.75, 3.05) is 23.9 Å². The fourth-order valence-corrected chi connectivity index (χ4v) is 3.88. The van der Waals surface area contributed by atoms with E-state index in [1.54, 1.807) is 41.3 Å². The van der Waals surface area contributed by atoms with Crippen molar-refractivity contribution in [1.82, 2.24) is 0 Å². The highest BCUT2D eigenvalue weighted by Gasteiger charge is 2.26. The van der Waals surface area contributed by atoms with Crippen LogP contribution in [0.5, 0.6) is 5.75 Å². The van der Waals surface area contributed by atoms with Crippen molar-refractivity contribution in [2.45, 2.75) is 32.7 Å². The van der Waals surface area contributed by atoms with Crippen LogP contribution in [-0.2, 0) is 21.5 Å². The third-order valence-electron chi connectivity index (χ3n) is 5.86. The number of carbonyl (C=O) groups excluding carboxylic acids is 3. The number of anilines is 2. The number of rotatable bonds is 5. The Morgan fingerprint density at radius 2 is 1.74 bits per heavy atom. The summed E-state index contributed by atoms with van der Waals surface area (Å²) in [4.78, 5) is 39.0. The first-order valence-corrected chi connectivity index (χ1v) is 11.3. The molecule has 0 saturated heterocycles. The van der Waals surface area contributed by atoms with Crippen molar-refractivity contribution in [2.24, 2.45) is 0 Å². The predicted molar refractivity (Wildman–Crippen MR) is 134 cm³/mol. The van der Waals surface area contributed by atoms with Gasteiger partial charge in [0, 0.05) is 11.3 Å². The van der Waals surface area contributed by atoms with Crippen LogP contribution in [0.2, 0.25) is 0 Å². The second-order valence-corrected chi connectivity index (χ2v) is 9.42. The van der Waals surface area contributed by atoms with Crippen LogP contribution in [-0.4, -0.2) is 31.5 Å². The van der Waals surface area contributed by atoms with Gasteiger partial charge in [-0.25, -0.2) is 4.79 Å². The minimum Gasteiger partial charge on any atom is -0.482 e. The molecular weight excluding hydrogens is 444 g/mol. The molecule has 0 radical (unpaired) electrons. The Balaban J connectivity index is 1.56. The third-order valence-corrected chi connectivity index (χ3v) is 5.86. The van der Waals surface area contributed by atoms with Crippen molar-refractivity contribution in [1.29, 1.82) is 0 Å². The number of benzene rings is 3. The molecule has 0 saturated carbocycles. The minimum absolute atomic E-state index is 0.000134. The van der Waals surface area contributed by atoms with E-state index in [1.165, 1.54) is 7.11 Å².